The van der Waals surface area contributed by atoms with E-state index in [0.29, 0.717) is 35.9 Å². The van der Waals surface area contributed by atoms with Crippen molar-refractivity contribution in [1.29, 1.82) is 0 Å². The first-order valence-corrected chi connectivity index (χ1v) is 9.57. The highest BCUT2D eigenvalue weighted by molar-refractivity contribution is 5.97. The lowest BCUT2D eigenvalue weighted by molar-refractivity contribution is 0.0942. The number of amides is 1. The van der Waals surface area contributed by atoms with Gasteiger partial charge < -0.3 is 23.8 Å². The molecule has 0 atom stereocenters. The van der Waals surface area contributed by atoms with Crippen LogP contribution in [0, 0.1) is 6.92 Å². The molecule has 154 valence electrons. The van der Waals surface area contributed by atoms with E-state index >= 15 is 0 Å². The number of rotatable bonds is 7. The van der Waals surface area contributed by atoms with E-state index in [1.165, 1.54) is 0 Å². The number of benzene rings is 1. The number of furan rings is 1. The fourth-order valence-corrected chi connectivity index (χ4v) is 3.43. The minimum Gasteiger partial charge on any atom is -0.497 e. The molecule has 0 aliphatic carbocycles. The molecule has 0 bridgehead atoms. The fraction of sp³-hybridized carbons (Fsp3) is 0.217. The van der Waals surface area contributed by atoms with E-state index in [4.69, 9.17) is 13.9 Å². The van der Waals surface area contributed by atoms with Crippen molar-refractivity contribution in [1.82, 2.24) is 14.9 Å². The Kier molecular flexibility index (Phi) is 5.43. The van der Waals surface area contributed by atoms with Gasteiger partial charge in [-0.2, -0.15) is 0 Å². The van der Waals surface area contributed by atoms with Crippen molar-refractivity contribution < 1.29 is 18.7 Å². The van der Waals surface area contributed by atoms with Crippen LogP contribution in [0.25, 0.3) is 11.1 Å². The molecule has 4 aromatic rings. The van der Waals surface area contributed by atoms with Crippen LogP contribution < -0.4 is 14.8 Å². The van der Waals surface area contributed by atoms with Crippen molar-refractivity contribution in [3.8, 4) is 11.5 Å². The SMILES string of the molecule is COc1cc(Cn2c(C(=O)NCc3ccccn3)cc3oc(C)cc32)cc(OC)c1. The number of ether oxygens (including phenoxy) is 2. The van der Waals surface area contributed by atoms with Gasteiger partial charge in [0.1, 0.15) is 23.0 Å². The van der Waals surface area contributed by atoms with Crippen LogP contribution >= 0.6 is 0 Å². The average Bonchev–Trinajstić information content (AvgIpc) is 3.29. The lowest BCUT2D eigenvalue weighted by Gasteiger charge is -2.13. The Morgan fingerprint density at radius 1 is 1.10 bits per heavy atom. The molecule has 0 aliphatic heterocycles. The molecular weight excluding hydrogens is 382 g/mol. The number of aryl methyl sites for hydroxylation is 1. The van der Waals surface area contributed by atoms with Gasteiger partial charge in [-0.15, -0.1) is 0 Å². The van der Waals surface area contributed by atoms with Gasteiger partial charge in [-0.25, -0.2) is 0 Å². The van der Waals surface area contributed by atoms with E-state index in [-0.39, 0.29) is 5.91 Å². The summed E-state index contributed by atoms with van der Waals surface area (Å²) in [6, 6.07) is 15.0. The fourth-order valence-electron chi connectivity index (χ4n) is 3.43. The molecule has 3 heterocycles. The standard InChI is InChI=1S/C23H23N3O4/c1-15-8-20-22(30-15)12-21(23(27)25-13-17-6-4-5-7-24-17)26(20)14-16-9-18(28-2)11-19(10-16)29-3/h4-12H,13-14H2,1-3H3,(H,25,27). The summed E-state index contributed by atoms with van der Waals surface area (Å²) in [5.74, 6) is 1.98. The van der Waals surface area contributed by atoms with Crippen LogP contribution in [0.1, 0.15) is 27.5 Å². The number of fused-ring (bicyclic) bond motifs is 1. The number of hydrogen-bond donors (Lipinski definition) is 1. The topological polar surface area (TPSA) is 78.5 Å². The van der Waals surface area contributed by atoms with Crippen molar-refractivity contribution in [2.45, 2.75) is 20.0 Å². The smallest absolute Gasteiger partial charge is 0.268 e. The van der Waals surface area contributed by atoms with Gasteiger partial charge in [-0.1, -0.05) is 6.07 Å². The zero-order valence-electron chi connectivity index (χ0n) is 17.1. The van der Waals surface area contributed by atoms with Crippen molar-refractivity contribution in [2.24, 2.45) is 0 Å². The summed E-state index contributed by atoms with van der Waals surface area (Å²) in [7, 11) is 3.23. The highest BCUT2D eigenvalue weighted by Gasteiger charge is 2.19. The predicted molar refractivity (Wildman–Crippen MR) is 113 cm³/mol. The van der Waals surface area contributed by atoms with Gasteiger partial charge >= 0.3 is 0 Å². The summed E-state index contributed by atoms with van der Waals surface area (Å²) in [6.45, 7) is 2.69. The van der Waals surface area contributed by atoms with Crippen LogP contribution in [0.15, 0.2) is 59.1 Å². The first-order valence-electron chi connectivity index (χ1n) is 9.57. The number of methoxy groups -OCH3 is 2. The normalized spacial score (nSPS) is 10.9. The van der Waals surface area contributed by atoms with Gasteiger partial charge in [0.25, 0.3) is 5.91 Å². The van der Waals surface area contributed by atoms with Gasteiger partial charge in [0.2, 0.25) is 0 Å². The van der Waals surface area contributed by atoms with Crippen molar-refractivity contribution >= 4 is 17.0 Å². The Morgan fingerprint density at radius 3 is 2.53 bits per heavy atom. The number of carbonyl (C=O) groups is 1. The molecule has 0 spiro atoms. The number of pyridine rings is 1. The lowest BCUT2D eigenvalue weighted by Crippen LogP contribution is -2.26. The van der Waals surface area contributed by atoms with E-state index in [9.17, 15) is 4.79 Å². The maximum absolute atomic E-state index is 13.0. The maximum atomic E-state index is 13.0. The van der Waals surface area contributed by atoms with E-state index < -0.39 is 0 Å². The lowest BCUT2D eigenvalue weighted by atomic mass is 10.2. The van der Waals surface area contributed by atoms with Gasteiger partial charge in [-0.05, 0) is 36.8 Å². The maximum Gasteiger partial charge on any atom is 0.268 e. The van der Waals surface area contributed by atoms with Crippen LogP contribution in [-0.2, 0) is 13.1 Å². The van der Waals surface area contributed by atoms with E-state index in [0.717, 1.165) is 22.5 Å². The third kappa shape index (κ3) is 4.00. The minimum atomic E-state index is -0.195. The second-order valence-corrected chi connectivity index (χ2v) is 6.95. The molecule has 0 saturated heterocycles. The quantitative estimate of drug-likeness (QED) is 0.504. The summed E-state index contributed by atoms with van der Waals surface area (Å²) in [5.41, 5.74) is 3.78. The molecule has 1 N–H and O–H groups in total. The van der Waals surface area contributed by atoms with Crippen LogP contribution in [0.2, 0.25) is 0 Å². The van der Waals surface area contributed by atoms with Crippen LogP contribution in [0.5, 0.6) is 11.5 Å². The molecule has 7 heteroatoms. The van der Waals surface area contributed by atoms with Gasteiger partial charge in [0, 0.05) is 30.9 Å². The summed E-state index contributed by atoms with van der Waals surface area (Å²) in [4.78, 5) is 17.2. The third-order valence-electron chi connectivity index (χ3n) is 4.85. The molecule has 4 rings (SSSR count). The van der Waals surface area contributed by atoms with E-state index in [1.54, 1.807) is 26.5 Å². The number of carbonyl (C=O) groups excluding carboxylic acids is 1. The summed E-state index contributed by atoms with van der Waals surface area (Å²) in [5, 5.41) is 2.94. The Bertz CT molecular complexity index is 1160. The molecule has 1 aromatic carbocycles. The molecule has 0 fully saturated rings. The van der Waals surface area contributed by atoms with Crippen molar-refractivity contribution in [3.63, 3.8) is 0 Å². The largest absolute Gasteiger partial charge is 0.497 e. The highest BCUT2D eigenvalue weighted by atomic mass is 16.5. The van der Waals surface area contributed by atoms with Gasteiger partial charge in [0.15, 0.2) is 5.58 Å². The number of hydrogen-bond acceptors (Lipinski definition) is 5. The second kappa shape index (κ2) is 8.32. The van der Waals surface area contributed by atoms with E-state index in [1.807, 2.05) is 54.0 Å². The van der Waals surface area contributed by atoms with Gasteiger partial charge in [0.05, 0.1) is 32.0 Å². The second-order valence-electron chi connectivity index (χ2n) is 6.95. The molecule has 30 heavy (non-hydrogen) atoms. The first-order chi connectivity index (χ1) is 14.6. The van der Waals surface area contributed by atoms with Crippen LogP contribution in [0.4, 0.5) is 0 Å². The highest BCUT2D eigenvalue weighted by Crippen LogP contribution is 2.28. The number of nitrogens with one attached hydrogen (secondary N) is 1. The zero-order valence-corrected chi connectivity index (χ0v) is 17.1. The third-order valence-corrected chi connectivity index (χ3v) is 4.85. The number of aromatic nitrogens is 2. The molecule has 3 aromatic heterocycles. The Morgan fingerprint density at radius 2 is 1.87 bits per heavy atom. The number of nitrogens with zero attached hydrogens (tertiary/aromatic N) is 2. The first kappa shape index (κ1) is 19.6. The van der Waals surface area contributed by atoms with Crippen LogP contribution in [0.3, 0.4) is 0 Å². The molecule has 0 radical (unpaired) electrons. The predicted octanol–water partition coefficient (Wildman–Crippen LogP) is 3.93. The molecule has 0 aliphatic rings. The molecule has 7 nitrogen and oxygen atoms in total. The Hall–Kier alpha value is -3.74. The minimum absolute atomic E-state index is 0.195. The summed E-state index contributed by atoms with van der Waals surface area (Å²) in [6.07, 6.45) is 1.70. The molecular formula is C23H23N3O4. The Labute approximate surface area is 174 Å². The van der Waals surface area contributed by atoms with Gasteiger partial charge in [-0.3, -0.25) is 9.78 Å². The van der Waals surface area contributed by atoms with Crippen molar-refractivity contribution in [3.05, 3.63) is 77.4 Å². The van der Waals surface area contributed by atoms with Crippen LogP contribution in [-0.4, -0.2) is 29.7 Å². The summed E-state index contributed by atoms with van der Waals surface area (Å²) >= 11 is 0. The average molecular weight is 405 g/mol. The molecule has 0 saturated carbocycles. The zero-order chi connectivity index (χ0) is 21.1. The monoisotopic (exact) mass is 405 g/mol. The summed E-state index contributed by atoms with van der Waals surface area (Å²) < 4.78 is 18.5. The Balaban J connectivity index is 1.67. The molecule has 1 amide bonds. The molecule has 0 unspecified atom stereocenters. The van der Waals surface area contributed by atoms with E-state index in [2.05, 4.69) is 10.3 Å². The van der Waals surface area contributed by atoms with Crippen molar-refractivity contribution in [2.75, 3.05) is 14.2 Å².